The van der Waals surface area contributed by atoms with E-state index in [2.05, 4.69) is 5.32 Å². The van der Waals surface area contributed by atoms with E-state index in [-0.39, 0.29) is 17.9 Å². The van der Waals surface area contributed by atoms with Crippen molar-refractivity contribution >= 4 is 34.4 Å². The lowest BCUT2D eigenvalue weighted by molar-refractivity contribution is -0.141. The van der Waals surface area contributed by atoms with Gasteiger partial charge < -0.3 is 15.0 Å². The second-order valence-corrected chi connectivity index (χ2v) is 6.14. The van der Waals surface area contributed by atoms with E-state index in [4.69, 9.17) is 16.7 Å². The fraction of sp³-hybridized carbons (Fsp3) is 0.375. The number of hydrogen-bond acceptors (Lipinski definition) is 2. The van der Waals surface area contributed by atoms with Gasteiger partial charge in [0, 0.05) is 24.0 Å². The van der Waals surface area contributed by atoms with Crippen LogP contribution < -0.4 is 5.32 Å². The number of halogens is 1. The van der Waals surface area contributed by atoms with Crippen molar-refractivity contribution < 1.29 is 14.7 Å². The van der Waals surface area contributed by atoms with Crippen LogP contribution in [0.1, 0.15) is 29.8 Å². The summed E-state index contributed by atoms with van der Waals surface area (Å²) in [6.07, 6.45) is 1.76. The minimum absolute atomic E-state index is 0.109. The van der Waals surface area contributed by atoms with Crippen LogP contribution in [0.2, 0.25) is 5.02 Å². The third kappa shape index (κ3) is 2.46. The molecule has 1 aliphatic rings. The number of aliphatic carboxylic acids is 1. The first-order valence-corrected chi connectivity index (χ1v) is 7.63. The average Bonchev–Trinajstić information content (AvgIpc) is 3.04. The molecule has 6 heteroatoms. The molecule has 1 saturated carbocycles. The van der Waals surface area contributed by atoms with Crippen LogP contribution in [0.25, 0.3) is 10.9 Å². The van der Waals surface area contributed by atoms with E-state index in [0.29, 0.717) is 30.0 Å². The van der Waals surface area contributed by atoms with E-state index in [1.165, 1.54) is 0 Å². The molecule has 0 unspecified atom stereocenters. The number of nitrogens with zero attached hydrogens (tertiary/aromatic N) is 1. The number of aromatic nitrogens is 1. The first kappa shape index (κ1) is 14.9. The fourth-order valence-electron chi connectivity index (χ4n) is 3.19. The van der Waals surface area contributed by atoms with Crippen LogP contribution in [0.15, 0.2) is 24.3 Å². The Morgan fingerprint density at radius 1 is 1.32 bits per heavy atom. The Bertz CT molecular complexity index is 714. The standard InChI is InChI=1S/C16H17ClN2O3/c1-19-12-5-3-2-4-11(12)13(17)14(19)15(20)18-10-7-6-9(8-10)16(21)22/h2-5,9-10H,6-8H2,1H3,(H,18,20)(H,21,22)/t9-,10+/m0/s1. The molecule has 0 aliphatic heterocycles. The van der Waals surface area contributed by atoms with Gasteiger partial charge in [-0.3, -0.25) is 9.59 Å². The summed E-state index contributed by atoms with van der Waals surface area (Å²) in [5, 5.41) is 13.2. The first-order chi connectivity index (χ1) is 10.5. The molecule has 0 spiro atoms. The van der Waals surface area contributed by atoms with Gasteiger partial charge in [0.1, 0.15) is 5.69 Å². The molecule has 1 aliphatic carbocycles. The van der Waals surface area contributed by atoms with Crippen LogP contribution in [-0.2, 0) is 11.8 Å². The number of fused-ring (bicyclic) bond motifs is 1. The fourth-order valence-corrected chi connectivity index (χ4v) is 3.56. The highest BCUT2D eigenvalue weighted by Gasteiger charge is 2.31. The van der Waals surface area contributed by atoms with Crippen molar-refractivity contribution in [2.45, 2.75) is 25.3 Å². The molecule has 0 radical (unpaired) electrons. The van der Waals surface area contributed by atoms with Crippen molar-refractivity contribution in [3.05, 3.63) is 35.0 Å². The van der Waals surface area contributed by atoms with Gasteiger partial charge in [0.05, 0.1) is 10.9 Å². The van der Waals surface area contributed by atoms with Crippen LogP contribution in [0.3, 0.4) is 0 Å². The van der Waals surface area contributed by atoms with E-state index in [1.54, 1.807) is 11.6 Å². The van der Waals surface area contributed by atoms with E-state index in [1.807, 2.05) is 24.3 Å². The van der Waals surface area contributed by atoms with Gasteiger partial charge in [-0.1, -0.05) is 29.8 Å². The number of carbonyl (C=O) groups excluding carboxylic acids is 1. The zero-order valence-corrected chi connectivity index (χ0v) is 12.9. The lowest BCUT2D eigenvalue weighted by Gasteiger charge is -2.13. The Morgan fingerprint density at radius 3 is 2.68 bits per heavy atom. The zero-order valence-electron chi connectivity index (χ0n) is 12.2. The summed E-state index contributed by atoms with van der Waals surface area (Å²) in [5.41, 5.74) is 1.31. The normalized spacial score (nSPS) is 21.2. The van der Waals surface area contributed by atoms with Crippen molar-refractivity contribution in [3.8, 4) is 0 Å². The predicted molar refractivity (Wildman–Crippen MR) is 84.2 cm³/mol. The number of carboxylic acids is 1. The van der Waals surface area contributed by atoms with Gasteiger partial charge >= 0.3 is 5.97 Å². The summed E-state index contributed by atoms with van der Waals surface area (Å²) >= 11 is 6.35. The number of para-hydroxylation sites is 1. The van der Waals surface area contributed by atoms with Crippen molar-refractivity contribution in [2.75, 3.05) is 0 Å². The van der Waals surface area contributed by atoms with Crippen molar-refractivity contribution in [3.63, 3.8) is 0 Å². The van der Waals surface area contributed by atoms with Crippen molar-refractivity contribution in [2.24, 2.45) is 13.0 Å². The number of hydrogen-bond donors (Lipinski definition) is 2. The van der Waals surface area contributed by atoms with Gasteiger partial charge in [-0.25, -0.2) is 0 Å². The third-order valence-corrected chi connectivity index (χ3v) is 4.76. The largest absolute Gasteiger partial charge is 0.481 e. The number of amides is 1. The summed E-state index contributed by atoms with van der Waals surface area (Å²) < 4.78 is 1.77. The maximum atomic E-state index is 12.5. The summed E-state index contributed by atoms with van der Waals surface area (Å²) in [4.78, 5) is 23.5. The number of rotatable bonds is 3. The van der Waals surface area contributed by atoms with Gasteiger partial charge in [-0.05, 0) is 25.3 Å². The smallest absolute Gasteiger partial charge is 0.306 e. The molecule has 1 fully saturated rings. The van der Waals surface area contributed by atoms with E-state index in [0.717, 1.165) is 10.9 Å². The molecular weight excluding hydrogens is 304 g/mol. The maximum absolute atomic E-state index is 12.5. The molecule has 2 N–H and O–H groups in total. The summed E-state index contributed by atoms with van der Waals surface area (Å²) in [7, 11) is 1.80. The van der Waals surface area contributed by atoms with Gasteiger partial charge in [-0.15, -0.1) is 0 Å². The molecular formula is C16H17ClN2O3. The molecule has 22 heavy (non-hydrogen) atoms. The van der Waals surface area contributed by atoms with Gasteiger partial charge in [0.25, 0.3) is 5.91 Å². The number of benzene rings is 1. The Balaban J connectivity index is 1.83. The number of nitrogens with one attached hydrogen (secondary N) is 1. The summed E-state index contributed by atoms with van der Waals surface area (Å²) in [6, 6.07) is 7.46. The molecule has 1 amide bonds. The molecule has 1 aromatic heterocycles. The second-order valence-electron chi connectivity index (χ2n) is 5.76. The SMILES string of the molecule is Cn1c(C(=O)N[C@@H]2CC[C@H](C(=O)O)C2)c(Cl)c2ccccc21. The van der Waals surface area contributed by atoms with E-state index < -0.39 is 5.97 Å². The lowest BCUT2D eigenvalue weighted by atomic mass is 10.1. The number of carbonyl (C=O) groups is 2. The average molecular weight is 321 g/mol. The molecule has 1 heterocycles. The van der Waals surface area contributed by atoms with Crippen LogP contribution in [0, 0.1) is 5.92 Å². The topological polar surface area (TPSA) is 71.3 Å². The van der Waals surface area contributed by atoms with Crippen LogP contribution in [0.5, 0.6) is 0 Å². The minimum atomic E-state index is -0.792. The third-order valence-electron chi connectivity index (χ3n) is 4.38. The molecule has 3 rings (SSSR count). The molecule has 2 aromatic rings. The quantitative estimate of drug-likeness (QED) is 0.913. The molecule has 0 bridgehead atoms. The summed E-state index contributed by atoms with van der Waals surface area (Å²) in [6.45, 7) is 0. The first-order valence-electron chi connectivity index (χ1n) is 7.25. The predicted octanol–water partition coefficient (Wildman–Crippen LogP) is 2.81. The highest BCUT2D eigenvalue weighted by atomic mass is 35.5. The molecule has 116 valence electrons. The van der Waals surface area contributed by atoms with Crippen molar-refractivity contribution in [1.29, 1.82) is 0 Å². The van der Waals surface area contributed by atoms with Gasteiger partial charge in [0.15, 0.2) is 0 Å². The Kier molecular flexibility index (Phi) is 3.83. The number of aryl methyl sites for hydroxylation is 1. The van der Waals surface area contributed by atoms with Gasteiger partial charge in [-0.2, -0.15) is 0 Å². The second kappa shape index (κ2) is 5.65. The lowest BCUT2D eigenvalue weighted by Crippen LogP contribution is -2.34. The number of carboxylic acid groups (broad SMARTS) is 1. The van der Waals surface area contributed by atoms with Crippen LogP contribution in [0.4, 0.5) is 0 Å². The monoisotopic (exact) mass is 320 g/mol. The Hall–Kier alpha value is -2.01. The zero-order chi connectivity index (χ0) is 15.9. The van der Waals surface area contributed by atoms with Gasteiger partial charge in [0.2, 0.25) is 0 Å². The van der Waals surface area contributed by atoms with E-state index >= 15 is 0 Å². The highest BCUT2D eigenvalue weighted by molar-refractivity contribution is 6.38. The minimum Gasteiger partial charge on any atom is -0.481 e. The Labute approximate surface area is 132 Å². The summed E-state index contributed by atoms with van der Waals surface area (Å²) in [5.74, 6) is -1.41. The van der Waals surface area contributed by atoms with E-state index in [9.17, 15) is 9.59 Å². The van der Waals surface area contributed by atoms with Crippen LogP contribution in [-0.4, -0.2) is 27.6 Å². The van der Waals surface area contributed by atoms with Crippen LogP contribution >= 0.6 is 11.6 Å². The highest BCUT2D eigenvalue weighted by Crippen LogP contribution is 2.31. The van der Waals surface area contributed by atoms with Crippen molar-refractivity contribution in [1.82, 2.24) is 9.88 Å². The Morgan fingerprint density at radius 2 is 2.05 bits per heavy atom. The molecule has 2 atom stereocenters. The maximum Gasteiger partial charge on any atom is 0.306 e. The molecule has 0 saturated heterocycles. The molecule has 1 aromatic carbocycles. The molecule has 5 nitrogen and oxygen atoms in total.